The molecular weight excluding hydrogens is 274 g/mol. The molecule has 1 aromatic heterocycles. The topological polar surface area (TPSA) is 91.9 Å². The van der Waals surface area contributed by atoms with Gasteiger partial charge in [-0.1, -0.05) is 18.5 Å². The van der Waals surface area contributed by atoms with Crippen LogP contribution in [0.3, 0.4) is 0 Å². The van der Waals surface area contributed by atoms with Crippen LogP contribution < -0.4 is 0 Å². The van der Waals surface area contributed by atoms with Crippen molar-refractivity contribution in [3.05, 3.63) is 11.7 Å². The van der Waals surface area contributed by atoms with E-state index < -0.39 is 6.10 Å². The third-order valence-corrected chi connectivity index (χ3v) is 4.27. The molecule has 1 aliphatic heterocycles. The zero-order valence-electron chi connectivity index (χ0n) is 12.8. The predicted molar refractivity (Wildman–Crippen MR) is 75.3 cm³/mol. The lowest BCUT2D eigenvalue weighted by Crippen LogP contribution is -2.52. The molecule has 0 spiro atoms. The number of nitrogens with zero attached hydrogens (tertiary/aromatic N) is 3. The van der Waals surface area contributed by atoms with E-state index in [1.54, 1.807) is 7.11 Å². The van der Waals surface area contributed by atoms with Gasteiger partial charge in [-0.25, -0.2) is 0 Å². The maximum atomic E-state index is 10.4. The third kappa shape index (κ3) is 3.79. The van der Waals surface area contributed by atoms with Gasteiger partial charge >= 0.3 is 0 Å². The first kappa shape index (κ1) is 16.4. The Balaban J connectivity index is 1.92. The van der Waals surface area contributed by atoms with Crippen molar-refractivity contribution in [3.8, 4) is 0 Å². The Morgan fingerprint density at radius 3 is 2.95 bits per heavy atom. The van der Waals surface area contributed by atoms with Crippen molar-refractivity contribution in [2.24, 2.45) is 5.41 Å². The van der Waals surface area contributed by atoms with Crippen LogP contribution in [0.1, 0.15) is 37.9 Å². The molecular formula is C14H25N3O4. The van der Waals surface area contributed by atoms with Crippen molar-refractivity contribution in [1.29, 1.82) is 0 Å². The monoisotopic (exact) mass is 299 g/mol. The minimum atomic E-state index is -0.530. The highest BCUT2D eigenvalue weighted by atomic mass is 16.5. The minimum absolute atomic E-state index is 0.0361. The van der Waals surface area contributed by atoms with Gasteiger partial charge in [0.1, 0.15) is 6.61 Å². The Bertz CT molecular complexity index is 440. The highest BCUT2D eigenvalue weighted by Gasteiger charge is 2.41. The predicted octanol–water partition coefficient (Wildman–Crippen LogP) is 0.561. The summed E-state index contributed by atoms with van der Waals surface area (Å²) in [6.07, 6.45) is 2.05. The Labute approximate surface area is 124 Å². The number of hydrogen-bond acceptors (Lipinski definition) is 7. The highest BCUT2D eigenvalue weighted by molar-refractivity contribution is 4.94. The maximum Gasteiger partial charge on any atom is 0.240 e. The molecule has 2 N–H and O–H groups in total. The van der Waals surface area contributed by atoms with E-state index in [1.165, 1.54) is 0 Å². The average molecular weight is 299 g/mol. The Morgan fingerprint density at radius 2 is 2.33 bits per heavy atom. The molecule has 0 unspecified atom stereocenters. The van der Waals surface area contributed by atoms with Crippen LogP contribution in [0.2, 0.25) is 0 Å². The molecule has 7 heteroatoms. The Hall–Kier alpha value is -1.02. The molecule has 0 radical (unpaired) electrons. The van der Waals surface area contributed by atoms with Gasteiger partial charge in [0.25, 0.3) is 0 Å². The number of aliphatic hydroxyl groups excluding tert-OH is 2. The number of rotatable bonds is 7. The van der Waals surface area contributed by atoms with Gasteiger partial charge in [0.2, 0.25) is 5.89 Å². The molecule has 0 saturated carbocycles. The molecule has 1 saturated heterocycles. The number of hydrogen-bond donors (Lipinski definition) is 2. The standard InChI is InChI=1S/C14H25N3O4/c1-3-4-14(10-18)5-6-17(7-11(14)19)8-13-15-12(9-20-2)16-21-13/h11,18-19H,3-10H2,1-2H3/t11-,14-/m1/s1. The van der Waals surface area contributed by atoms with Gasteiger partial charge in [0, 0.05) is 19.1 Å². The third-order valence-electron chi connectivity index (χ3n) is 4.27. The van der Waals surface area contributed by atoms with Crippen LogP contribution in [-0.2, 0) is 17.9 Å². The summed E-state index contributed by atoms with van der Waals surface area (Å²) >= 11 is 0. The van der Waals surface area contributed by atoms with Gasteiger partial charge in [-0.05, 0) is 19.4 Å². The summed E-state index contributed by atoms with van der Waals surface area (Å²) in [6, 6.07) is 0. The molecule has 0 aromatic carbocycles. The molecule has 1 aromatic rings. The number of methoxy groups -OCH3 is 1. The van der Waals surface area contributed by atoms with Crippen LogP contribution in [0, 0.1) is 5.41 Å². The number of β-amino-alcohol motifs (C(OH)–C–C–N with tert-alkyl or cyclic N) is 1. The highest BCUT2D eigenvalue weighted by Crippen LogP contribution is 2.36. The number of likely N-dealkylation sites (tertiary alicyclic amines) is 1. The van der Waals surface area contributed by atoms with E-state index >= 15 is 0 Å². The summed E-state index contributed by atoms with van der Waals surface area (Å²) in [5, 5.41) is 23.9. The van der Waals surface area contributed by atoms with E-state index in [4.69, 9.17) is 9.26 Å². The molecule has 7 nitrogen and oxygen atoms in total. The number of aliphatic hydroxyl groups is 2. The molecule has 0 aliphatic carbocycles. The molecule has 1 fully saturated rings. The van der Waals surface area contributed by atoms with E-state index in [9.17, 15) is 10.2 Å². The van der Waals surface area contributed by atoms with Crippen LogP contribution in [-0.4, -0.2) is 58.2 Å². The summed E-state index contributed by atoms with van der Waals surface area (Å²) < 4.78 is 10.1. The van der Waals surface area contributed by atoms with Crippen molar-refractivity contribution in [2.45, 2.75) is 45.4 Å². The van der Waals surface area contributed by atoms with Gasteiger partial charge in [0.15, 0.2) is 5.82 Å². The molecule has 1 aliphatic rings. The van der Waals surface area contributed by atoms with E-state index in [0.717, 1.165) is 25.8 Å². The van der Waals surface area contributed by atoms with E-state index in [2.05, 4.69) is 22.0 Å². The Kier molecular flexibility index (Phi) is 5.69. The van der Waals surface area contributed by atoms with Crippen LogP contribution in [0.4, 0.5) is 0 Å². The van der Waals surface area contributed by atoms with Crippen LogP contribution in [0.15, 0.2) is 4.52 Å². The molecule has 2 atom stereocenters. The summed E-state index contributed by atoms with van der Waals surface area (Å²) in [5.74, 6) is 1.06. The van der Waals surface area contributed by atoms with E-state index in [-0.39, 0.29) is 12.0 Å². The first-order valence-corrected chi connectivity index (χ1v) is 7.45. The molecule has 0 bridgehead atoms. The number of aromatic nitrogens is 2. The van der Waals surface area contributed by atoms with Crippen molar-refractivity contribution >= 4 is 0 Å². The second-order valence-corrected chi connectivity index (χ2v) is 5.81. The summed E-state index contributed by atoms with van der Waals surface area (Å²) in [6.45, 7) is 4.28. The molecule has 0 amide bonds. The van der Waals surface area contributed by atoms with Crippen molar-refractivity contribution in [2.75, 3.05) is 26.8 Å². The largest absolute Gasteiger partial charge is 0.396 e. The molecule has 2 heterocycles. The normalized spacial score (nSPS) is 27.1. The number of ether oxygens (including phenoxy) is 1. The zero-order chi connectivity index (χ0) is 15.3. The summed E-state index contributed by atoms with van der Waals surface area (Å²) in [5.41, 5.74) is -0.360. The molecule has 21 heavy (non-hydrogen) atoms. The first-order valence-electron chi connectivity index (χ1n) is 7.45. The van der Waals surface area contributed by atoms with Gasteiger partial charge in [0.05, 0.1) is 19.3 Å². The summed E-state index contributed by atoms with van der Waals surface area (Å²) in [4.78, 5) is 6.32. The SMILES string of the molecule is CCC[C@]1(CO)CCN(Cc2nc(COC)no2)C[C@H]1O. The fourth-order valence-electron chi connectivity index (χ4n) is 3.01. The second-order valence-electron chi connectivity index (χ2n) is 5.81. The Morgan fingerprint density at radius 1 is 1.52 bits per heavy atom. The van der Waals surface area contributed by atoms with Gasteiger partial charge < -0.3 is 19.5 Å². The summed E-state index contributed by atoms with van der Waals surface area (Å²) in [7, 11) is 1.58. The fraction of sp³-hybridized carbons (Fsp3) is 0.857. The van der Waals surface area contributed by atoms with Crippen molar-refractivity contribution < 1.29 is 19.5 Å². The van der Waals surface area contributed by atoms with E-state index in [0.29, 0.717) is 31.4 Å². The van der Waals surface area contributed by atoms with Crippen molar-refractivity contribution in [1.82, 2.24) is 15.0 Å². The van der Waals surface area contributed by atoms with Crippen LogP contribution in [0.25, 0.3) is 0 Å². The smallest absolute Gasteiger partial charge is 0.240 e. The second kappa shape index (κ2) is 7.31. The molecule has 2 rings (SSSR count). The fourth-order valence-corrected chi connectivity index (χ4v) is 3.01. The van der Waals surface area contributed by atoms with Gasteiger partial charge in [-0.2, -0.15) is 4.98 Å². The van der Waals surface area contributed by atoms with Gasteiger partial charge in [-0.15, -0.1) is 0 Å². The lowest BCUT2D eigenvalue weighted by molar-refractivity contribution is -0.0816. The lowest BCUT2D eigenvalue weighted by atomic mass is 9.73. The average Bonchev–Trinajstić information content (AvgIpc) is 2.90. The van der Waals surface area contributed by atoms with Crippen molar-refractivity contribution in [3.63, 3.8) is 0 Å². The van der Waals surface area contributed by atoms with E-state index in [1.807, 2.05) is 0 Å². The maximum absolute atomic E-state index is 10.4. The minimum Gasteiger partial charge on any atom is -0.396 e. The van der Waals surface area contributed by atoms with Gasteiger partial charge in [-0.3, -0.25) is 4.90 Å². The quantitative estimate of drug-likeness (QED) is 0.760. The molecule has 120 valence electrons. The zero-order valence-corrected chi connectivity index (χ0v) is 12.8. The van der Waals surface area contributed by atoms with Crippen LogP contribution >= 0.6 is 0 Å². The number of piperidine rings is 1. The lowest BCUT2D eigenvalue weighted by Gasteiger charge is -2.44. The van der Waals surface area contributed by atoms with Crippen LogP contribution in [0.5, 0.6) is 0 Å². The first-order chi connectivity index (χ1) is 10.1.